The van der Waals surface area contributed by atoms with Crippen molar-refractivity contribution in [3.63, 3.8) is 0 Å². The summed E-state index contributed by atoms with van der Waals surface area (Å²) in [6.45, 7) is 1.30. The first-order valence-corrected chi connectivity index (χ1v) is 10.5. The van der Waals surface area contributed by atoms with Gasteiger partial charge in [0.2, 0.25) is 5.95 Å². The van der Waals surface area contributed by atoms with E-state index in [-0.39, 0.29) is 17.7 Å². The molecule has 0 bridgehead atoms. The van der Waals surface area contributed by atoms with Crippen molar-refractivity contribution in [3.05, 3.63) is 54.0 Å². The van der Waals surface area contributed by atoms with Crippen LogP contribution in [0.1, 0.15) is 28.9 Å². The minimum absolute atomic E-state index is 0.0141. The first-order chi connectivity index (χ1) is 16.0. The lowest BCUT2D eigenvalue weighted by Gasteiger charge is -2.23. The third kappa shape index (κ3) is 5.39. The van der Waals surface area contributed by atoms with Gasteiger partial charge in [0, 0.05) is 39.3 Å². The van der Waals surface area contributed by atoms with Crippen LogP contribution in [0.3, 0.4) is 0 Å². The van der Waals surface area contributed by atoms with Gasteiger partial charge in [-0.2, -0.15) is 5.26 Å². The largest absolute Gasteiger partial charge is 0.487 e. The number of amides is 1. The number of carbonyl (C=O) groups excluding carboxylic acids is 1. The van der Waals surface area contributed by atoms with Crippen molar-refractivity contribution in [1.29, 1.82) is 5.26 Å². The minimum Gasteiger partial charge on any atom is -0.487 e. The Bertz CT molecular complexity index is 1170. The highest BCUT2D eigenvalue weighted by molar-refractivity contribution is 5.93. The van der Waals surface area contributed by atoms with Gasteiger partial charge in [0.25, 0.3) is 5.91 Å². The van der Waals surface area contributed by atoms with Crippen molar-refractivity contribution in [2.24, 2.45) is 0 Å². The zero-order chi connectivity index (χ0) is 23.2. The number of nitrogens with zero attached hydrogens (tertiary/aromatic N) is 6. The molecule has 4 heterocycles. The van der Waals surface area contributed by atoms with Gasteiger partial charge in [-0.3, -0.25) is 4.79 Å². The molecule has 0 saturated carbocycles. The average Bonchev–Trinajstić information content (AvgIpc) is 2.85. The van der Waals surface area contributed by atoms with Crippen LogP contribution in [0.15, 0.2) is 42.7 Å². The number of nitriles is 1. The van der Waals surface area contributed by atoms with E-state index in [0.717, 1.165) is 12.8 Å². The van der Waals surface area contributed by atoms with Crippen LogP contribution in [0.5, 0.6) is 5.75 Å². The normalized spacial score (nSPS) is 13.7. The molecule has 3 aromatic rings. The Morgan fingerprint density at radius 3 is 2.61 bits per heavy atom. The van der Waals surface area contributed by atoms with Crippen LogP contribution < -0.4 is 10.1 Å². The number of rotatable bonds is 6. The van der Waals surface area contributed by atoms with Crippen LogP contribution in [0.4, 0.5) is 11.8 Å². The molecule has 3 aromatic heterocycles. The maximum Gasteiger partial charge on any atom is 0.254 e. The van der Waals surface area contributed by atoms with Crippen molar-refractivity contribution in [2.75, 3.05) is 32.6 Å². The summed E-state index contributed by atoms with van der Waals surface area (Å²) < 4.78 is 11.3. The second-order valence-corrected chi connectivity index (χ2v) is 7.61. The Kier molecular flexibility index (Phi) is 6.71. The molecule has 33 heavy (non-hydrogen) atoms. The number of nitrogens with one attached hydrogen (secondary N) is 1. The predicted molar refractivity (Wildman–Crippen MR) is 120 cm³/mol. The first kappa shape index (κ1) is 22.1. The monoisotopic (exact) mass is 445 g/mol. The number of carbonyl (C=O) groups is 1. The molecular weight excluding hydrogens is 422 g/mol. The number of ether oxygens (including phenoxy) is 2. The molecule has 1 fully saturated rings. The van der Waals surface area contributed by atoms with Gasteiger partial charge in [0.15, 0.2) is 11.4 Å². The lowest BCUT2D eigenvalue weighted by molar-refractivity contribution is 0.0253. The summed E-state index contributed by atoms with van der Waals surface area (Å²) in [5.74, 6) is 1.14. The molecule has 1 aliphatic rings. The lowest BCUT2D eigenvalue weighted by atomic mass is 10.1. The van der Waals surface area contributed by atoms with E-state index in [4.69, 9.17) is 9.47 Å². The Morgan fingerprint density at radius 1 is 1.12 bits per heavy atom. The lowest BCUT2D eigenvalue weighted by Crippen LogP contribution is -2.26. The predicted octanol–water partition coefficient (Wildman–Crippen LogP) is 2.81. The van der Waals surface area contributed by atoms with E-state index in [9.17, 15) is 10.1 Å². The average molecular weight is 445 g/mol. The number of pyridine rings is 2. The molecule has 0 aliphatic carbocycles. The van der Waals surface area contributed by atoms with Crippen molar-refractivity contribution in [2.45, 2.75) is 18.9 Å². The molecule has 0 spiro atoms. The minimum atomic E-state index is -0.129. The van der Waals surface area contributed by atoms with Crippen molar-refractivity contribution in [3.8, 4) is 23.2 Å². The highest BCUT2D eigenvalue weighted by Gasteiger charge is 2.18. The standard InChI is InChI=1S/C23H23N7O3/c1-30(2)22(31)15-3-6-21(26-14-15)29-23-25-10-7-18(28-23)17-4-5-20(19(13-24)27-17)33-16-8-11-32-12-9-16/h3-7,10,14,16H,8-9,11-12H2,1-2H3,(H,25,26,28,29). The number of hydrogen-bond acceptors (Lipinski definition) is 9. The highest BCUT2D eigenvalue weighted by Crippen LogP contribution is 2.25. The quantitative estimate of drug-likeness (QED) is 0.609. The number of aromatic nitrogens is 4. The van der Waals surface area contributed by atoms with Gasteiger partial charge in [0.05, 0.1) is 30.2 Å². The smallest absolute Gasteiger partial charge is 0.254 e. The molecule has 0 unspecified atom stereocenters. The zero-order valence-electron chi connectivity index (χ0n) is 18.4. The molecule has 10 nitrogen and oxygen atoms in total. The third-order valence-corrected chi connectivity index (χ3v) is 5.00. The summed E-state index contributed by atoms with van der Waals surface area (Å²) in [6, 6.07) is 10.7. The maximum absolute atomic E-state index is 12.0. The summed E-state index contributed by atoms with van der Waals surface area (Å²) in [5, 5.41) is 12.6. The van der Waals surface area contributed by atoms with Crippen LogP contribution in [0, 0.1) is 11.3 Å². The van der Waals surface area contributed by atoms with Gasteiger partial charge >= 0.3 is 0 Å². The zero-order valence-corrected chi connectivity index (χ0v) is 18.4. The van der Waals surface area contributed by atoms with E-state index >= 15 is 0 Å². The molecule has 168 valence electrons. The Labute approximate surface area is 191 Å². The molecule has 0 atom stereocenters. The van der Waals surface area contributed by atoms with Crippen LogP contribution in [-0.2, 0) is 4.74 Å². The number of anilines is 2. The molecule has 1 aliphatic heterocycles. The van der Waals surface area contributed by atoms with Gasteiger partial charge in [-0.1, -0.05) is 0 Å². The Hall–Kier alpha value is -4.10. The summed E-state index contributed by atoms with van der Waals surface area (Å²) in [4.78, 5) is 30.9. The van der Waals surface area contributed by atoms with E-state index in [1.54, 1.807) is 50.6 Å². The van der Waals surface area contributed by atoms with Crippen LogP contribution in [-0.4, -0.2) is 64.2 Å². The Balaban J connectivity index is 1.50. The summed E-state index contributed by atoms with van der Waals surface area (Å²) in [7, 11) is 3.37. The van der Waals surface area contributed by atoms with Crippen molar-refractivity contribution < 1.29 is 14.3 Å². The van der Waals surface area contributed by atoms with Crippen molar-refractivity contribution in [1.82, 2.24) is 24.8 Å². The van der Waals surface area contributed by atoms with Crippen LogP contribution >= 0.6 is 0 Å². The molecular formula is C23H23N7O3. The SMILES string of the molecule is CN(C)C(=O)c1ccc(Nc2nccc(-c3ccc(OC4CCOCC4)c(C#N)n3)n2)nc1. The second-order valence-electron chi connectivity index (χ2n) is 7.61. The van der Waals surface area contributed by atoms with E-state index in [1.807, 2.05) is 0 Å². The fourth-order valence-corrected chi connectivity index (χ4v) is 3.27. The first-order valence-electron chi connectivity index (χ1n) is 10.5. The number of hydrogen-bond donors (Lipinski definition) is 1. The molecule has 1 amide bonds. The highest BCUT2D eigenvalue weighted by atomic mass is 16.5. The summed E-state index contributed by atoms with van der Waals surface area (Å²) in [6.07, 6.45) is 4.67. The van der Waals surface area contributed by atoms with Crippen LogP contribution in [0.2, 0.25) is 0 Å². The van der Waals surface area contributed by atoms with Gasteiger partial charge < -0.3 is 19.7 Å². The van der Waals surface area contributed by atoms with Gasteiger partial charge in [-0.05, 0) is 30.3 Å². The molecule has 10 heteroatoms. The van der Waals surface area contributed by atoms with E-state index in [1.165, 1.54) is 11.1 Å². The van der Waals surface area contributed by atoms with Gasteiger partial charge in [-0.15, -0.1) is 0 Å². The molecule has 1 N–H and O–H groups in total. The molecule has 4 rings (SSSR count). The topological polar surface area (TPSA) is 126 Å². The maximum atomic E-state index is 12.0. The van der Waals surface area contributed by atoms with E-state index < -0.39 is 0 Å². The molecule has 0 aromatic carbocycles. The fraction of sp³-hybridized carbons (Fsp3) is 0.304. The van der Waals surface area contributed by atoms with Gasteiger partial charge in [0.1, 0.15) is 18.0 Å². The molecule has 0 radical (unpaired) electrons. The second kappa shape index (κ2) is 10.0. The van der Waals surface area contributed by atoms with Crippen molar-refractivity contribution >= 4 is 17.7 Å². The van der Waals surface area contributed by atoms with Crippen LogP contribution in [0.25, 0.3) is 11.4 Å². The van der Waals surface area contributed by atoms with E-state index in [0.29, 0.717) is 47.7 Å². The Morgan fingerprint density at radius 2 is 1.91 bits per heavy atom. The fourth-order valence-electron chi connectivity index (χ4n) is 3.27. The summed E-state index contributed by atoms with van der Waals surface area (Å²) in [5.41, 5.74) is 1.75. The molecule has 1 saturated heterocycles. The van der Waals surface area contributed by atoms with E-state index in [2.05, 4.69) is 31.3 Å². The summed E-state index contributed by atoms with van der Waals surface area (Å²) >= 11 is 0. The third-order valence-electron chi connectivity index (χ3n) is 5.00. The van der Waals surface area contributed by atoms with Gasteiger partial charge in [-0.25, -0.2) is 19.9 Å².